The maximum atomic E-state index is 12.4. The summed E-state index contributed by atoms with van der Waals surface area (Å²) in [5.41, 5.74) is 2.54. The zero-order valence-corrected chi connectivity index (χ0v) is 24.0. The highest BCUT2D eigenvalue weighted by Gasteiger charge is 2.59. The average molecular weight is 485 g/mol. The van der Waals surface area contributed by atoms with Crippen molar-refractivity contribution in [3.8, 4) is 0 Å². The van der Waals surface area contributed by atoms with Gasteiger partial charge in [-0.05, 0) is 97.7 Å². The minimum atomic E-state index is 0.0364. The summed E-state index contributed by atoms with van der Waals surface area (Å²) in [4.78, 5) is 12.4. The van der Waals surface area contributed by atoms with Gasteiger partial charge in [0.2, 0.25) is 0 Å². The van der Waals surface area contributed by atoms with Crippen molar-refractivity contribution in [2.45, 2.75) is 144 Å². The molecule has 4 rings (SSSR count). The second-order valence-corrected chi connectivity index (χ2v) is 14.1. The number of carbonyl (C=O) groups is 1. The molecule has 3 fully saturated rings. The maximum absolute atomic E-state index is 12.4. The molecule has 0 N–H and O–H groups in total. The Hall–Kier alpha value is -0.790. The molecule has 200 valence electrons. The van der Waals surface area contributed by atoms with Gasteiger partial charge >= 0.3 is 5.97 Å². The Balaban J connectivity index is 1.39. The molecule has 8 atom stereocenters. The van der Waals surface area contributed by atoms with Crippen molar-refractivity contribution in [2.75, 3.05) is 0 Å². The van der Waals surface area contributed by atoms with Crippen molar-refractivity contribution < 1.29 is 9.53 Å². The standard InChI is InChI=1S/C33H56O2/c1-7-8-9-13-31(34)35-26-18-20-32(5)25(22-26)14-15-27-29-17-16-28(24(4)12-10-11-23(2)3)33(29,6)21-19-30(27)32/h14,23-24,26-30H,7-13,15-22H2,1-6H3/t24-,26+,27-,28+,29-,30-,32-,33+/m0/s1. The lowest BCUT2D eigenvalue weighted by Crippen LogP contribution is -2.51. The van der Waals surface area contributed by atoms with E-state index in [1.165, 1.54) is 57.8 Å². The van der Waals surface area contributed by atoms with Gasteiger partial charge in [0.25, 0.3) is 0 Å². The van der Waals surface area contributed by atoms with Crippen LogP contribution in [0.5, 0.6) is 0 Å². The van der Waals surface area contributed by atoms with Crippen LogP contribution in [0.25, 0.3) is 0 Å². The molecule has 35 heavy (non-hydrogen) atoms. The van der Waals surface area contributed by atoms with Gasteiger partial charge in [0.15, 0.2) is 0 Å². The van der Waals surface area contributed by atoms with Crippen molar-refractivity contribution in [1.82, 2.24) is 0 Å². The monoisotopic (exact) mass is 484 g/mol. The van der Waals surface area contributed by atoms with Gasteiger partial charge in [-0.15, -0.1) is 0 Å². The summed E-state index contributed by atoms with van der Waals surface area (Å²) in [5.74, 6) is 5.33. The molecule has 3 saturated carbocycles. The number of allylic oxidation sites excluding steroid dienone is 1. The number of unbranched alkanes of at least 4 members (excludes halogenated alkanes) is 2. The van der Waals surface area contributed by atoms with Crippen LogP contribution in [0.4, 0.5) is 0 Å². The van der Waals surface area contributed by atoms with Gasteiger partial charge in [0.1, 0.15) is 6.10 Å². The minimum absolute atomic E-state index is 0.0364. The molecule has 0 aromatic carbocycles. The Bertz CT molecular complexity index is 752. The average Bonchev–Trinajstić information content (AvgIpc) is 3.16. The van der Waals surface area contributed by atoms with E-state index in [-0.39, 0.29) is 12.1 Å². The quantitative estimate of drug-likeness (QED) is 0.175. The number of carbonyl (C=O) groups excluding carboxylic acids is 1. The van der Waals surface area contributed by atoms with Gasteiger partial charge in [0.05, 0.1) is 0 Å². The molecule has 0 saturated heterocycles. The lowest BCUT2D eigenvalue weighted by atomic mass is 9.47. The first-order chi connectivity index (χ1) is 16.7. The molecule has 0 aromatic heterocycles. The van der Waals surface area contributed by atoms with E-state index >= 15 is 0 Å². The first-order valence-corrected chi connectivity index (χ1v) is 15.6. The molecule has 2 nitrogen and oxygen atoms in total. The molecule has 4 aliphatic carbocycles. The van der Waals surface area contributed by atoms with Crippen LogP contribution >= 0.6 is 0 Å². The molecule has 0 bridgehead atoms. The predicted molar refractivity (Wildman–Crippen MR) is 147 cm³/mol. The number of hydrogen-bond donors (Lipinski definition) is 0. The highest BCUT2D eigenvalue weighted by atomic mass is 16.5. The van der Waals surface area contributed by atoms with E-state index < -0.39 is 0 Å². The second-order valence-electron chi connectivity index (χ2n) is 14.1. The Morgan fingerprint density at radius 3 is 2.54 bits per heavy atom. The molecule has 0 heterocycles. The molecule has 0 unspecified atom stereocenters. The van der Waals surface area contributed by atoms with Crippen molar-refractivity contribution >= 4 is 5.97 Å². The summed E-state index contributed by atoms with van der Waals surface area (Å²) < 4.78 is 5.96. The third-order valence-corrected chi connectivity index (χ3v) is 11.5. The highest BCUT2D eigenvalue weighted by Crippen LogP contribution is 2.67. The summed E-state index contributed by atoms with van der Waals surface area (Å²) in [6, 6.07) is 0. The first kappa shape index (κ1) is 27.3. The van der Waals surface area contributed by atoms with Crippen LogP contribution in [-0.2, 0) is 9.53 Å². The van der Waals surface area contributed by atoms with Crippen LogP contribution in [-0.4, -0.2) is 12.1 Å². The van der Waals surface area contributed by atoms with Crippen LogP contribution in [0.2, 0.25) is 0 Å². The van der Waals surface area contributed by atoms with Crippen LogP contribution in [0.15, 0.2) is 11.6 Å². The van der Waals surface area contributed by atoms with Gasteiger partial charge in [-0.1, -0.05) is 85.3 Å². The molecular weight excluding hydrogens is 428 g/mol. The number of rotatable bonds is 10. The molecule has 0 aliphatic heterocycles. The smallest absolute Gasteiger partial charge is 0.306 e. The minimum Gasteiger partial charge on any atom is -0.462 e. The van der Waals surface area contributed by atoms with Gasteiger partial charge in [-0.2, -0.15) is 0 Å². The van der Waals surface area contributed by atoms with E-state index in [2.05, 4.69) is 47.6 Å². The van der Waals surface area contributed by atoms with E-state index in [0.717, 1.165) is 67.6 Å². The van der Waals surface area contributed by atoms with Crippen LogP contribution in [0.1, 0.15) is 138 Å². The Morgan fingerprint density at radius 2 is 1.80 bits per heavy atom. The van der Waals surface area contributed by atoms with Crippen LogP contribution in [0, 0.1) is 46.3 Å². The van der Waals surface area contributed by atoms with E-state index in [4.69, 9.17) is 4.74 Å². The lowest BCUT2D eigenvalue weighted by molar-refractivity contribution is -0.151. The van der Waals surface area contributed by atoms with E-state index in [9.17, 15) is 4.79 Å². The number of hydrogen-bond acceptors (Lipinski definition) is 2. The van der Waals surface area contributed by atoms with Crippen molar-refractivity contribution in [3.63, 3.8) is 0 Å². The first-order valence-electron chi connectivity index (χ1n) is 15.6. The molecule has 0 amide bonds. The van der Waals surface area contributed by atoms with Gasteiger partial charge in [-0.3, -0.25) is 4.79 Å². The largest absolute Gasteiger partial charge is 0.462 e. The predicted octanol–water partition coefficient (Wildman–Crippen LogP) is 9.52. The number of esters is 1. The molecule has 0 radical (unpaired) electrons. The zero-order chi connectivity index (χ0) is 25.2. The summed E-state index contributed by atoms with van der Waals surface area (Å²) in [5, 5.41) is 0. The Labute approximate surface area is 217 Å². The molecule has 2 heteroatoms. The topological polar surface area (TPSA) is 26.3 Å². The summed E-state index contributed by atoms with van der Waals surface area (Å²) in [7, 11) is 0. The lowest BCUT2D eigenvalue weighted by Gasteiger charge is -2.58. The Kier molecular flexibility index (Phi) is 8.80. The second kappa shape index (κ2) is 11.3. The SMILES string of the molecule is CCCCCC(=O)O[C@@H]1CC[C@@]2(C)C(=CC[C@H]3[C@@H]4CC[C@H]([C@@H](C)CCCC(C)C)[C@@]4(C)CC[C@@H]32)C1. The molecule has 4 aliphatic rings. The van der Waals surface area contributed by atoms with Gasteiger partial charge in [-0.25, -0.2) is 0 Å². The fourth-order valence-electron chi connectivity index (χ4n) is 9.52. The number of fused-ring (bicyclic) bond motifs is 5. The fourth-order valence-corrected chi connectivity index (χ4v) is 9.52. The third-order valence-electron chi connectivity index (χ3n) is 11.5. The van der Waals surface area contributed by atoms with Crippen molar-refractivity contribution in [3.05, 3.63) is 11.6 Å². The van der Waals surface area contributed by atoms with Crippen molar-refractivity contribution in [1.29, 1.82) is 0 Å². The fraction of sp³-hybridized carbons (Fsp3) is 0.909. The summed E-state index contributed by atoms with van der Waals surface area (Å²) in [6.45, 7) is 14.8. The zero-order valence-electron chi connectivity index (χ0n) is 24.0. The van der Waals surface area contributed by atoms with Crippen LogP contribution < -0.4 is 0 Å². The molecule has 0 spiro atoms. The molecule has 0 aromatic rings. The summed E-state index contributed by atoms with van der Waals surface area (Å²) in [6.07, 6.45) is 21.2. The summed E-state index contributed by atoms with van der Waals surface area (Å²) >= 11 is 0. The van der Waals surface area contributed by atoms with Crippen LogP contribution in [0.3, 0.4) is 0 Å². The van der Waals surface area contributed by atoms with Crippen molar-refractivity contribution in [2.24, 2.45) is 46.3 Å². The van der Waals surface area contributed by atoms with E-state index in [1.54, 1.807) is 5.57 Å². The molecular formula is C33H56O2. The number of ether oxygens (including phenoxy) is 1. The normalized spacial score (nSPS) is 39.4. The third kappa shape index (κ3) is 5.57. The van der Waals surface area contributed by atoms with E-state index in [0.29, 0.717) is 17.3 Å². The van der Waals surface area contributed by atoms with Gasteiger partial charge in [0, 0.05) is 12.8 Å². The Morgan fingerprint density at radius 1 is 1.00 bits per heavy atom. The van der Waals surface area contributed by atoms with Gasteiger partial charge < -0.3 is 4.74 Å². The maximum Gasteiger partial charge on any atom is 0.306 e. The highest BCUT2D eigenvalue weighted by molar-refractivity contribution is 5.69. The van der Waals surface area contributed by atoms with E-state index in [1.807, 2.05) is 0 Å².